The van der Waals surface area contributed by atoms with Crippen LogP contribution >= 0.6 is 0 Å². The van der Waals surface area contributed by atoms with Crippen molar-refractivity contribution in [2.45, 2.75) is 64.0 Å². The standard InChI is InChI=1S/C14H30N2O/c1-12-6-4-7-13(10-12)16(3)9-5-8-14(2,17)11-15/h12-13,17H,4-11,15H2,1-3H3. The van der Waals surface area contributed by atoms with Crippen LogP contribution in [0.1, 0.15) is 52.4 Å². The van der Waals surface area contributed by atoms with Crippen LogP contribution in [0.3, 0.4) is 0 Å². The first kappa shape index (κ1) is 14.9. The average Bonchev–Trinajstić information content (AvgIpc) is 2.28. The first-order valence-corrected chi connectivity index (χ1v) is 7.07. The lowest BCUT2D eigenvalue weighted by atomic mass is 9.86. The molecule has 0 spiro atoms. The molecule has 3 unspecified atom stereocenters. The largest absolute Gasteiger partial charge is 0.389 e. The lowest BCUT2D eigenvalue weighted by molar-refractivity contribution is 0.0522. The average molecular weight is 242 g/mol. The van der Waals surface area contributed by atoms with Crippen LogP contribution in [-0.4, -0.2) is 41.8 Å². The van der Waals surface area contributed by atoms with Gasteiger partial charge in [-0.25, -0.2) is 0 Å². The van der Waals surface area contributed by atoms with E-state index in [-0.39, 0.29) is 0 Å². The summed E-state index contributed by atoms with van der Waals surface area (Å²) < 4.78 is 0. The maximum absolute atomic E-state index is 9.84. The zero-order valence-corrected chi connectivity index (χ0v) is 11.8. The summed E-state index contributed by atoms with van der Waals surface area (Å²) in [7, 11) is 2.22. The topological polar surface area (TPSA) is 49.5 Å². The highest BCUT2D eigenvalue weighted by Gasteiger charge is 2.23. The molecule has 0 radical (unpaired) electrons. The number of aliphatic hydroxyl groups is 1. The molecule has 3 atom stereocenters. The summed E-state index contributed by atoms with van der Waals surface area (Å²) in [6, 6.07) is 0.751. The van der Waals surface area contributed by atoms with E-state index in [4.69, 9.17) is 5.73 Å². The van der Waals surface area contributed by atoms with Crippen LogP contribution in [0.2, 0.25) is 0 Å². The molecule has 3 nitrogen and oxygen atoms in total. The molecule has 1 saturated carbocycles. The van der Waals surface area contributed by atoms with Crippen LogP contribution in [-0.2, 0) is 0 Å². The smallest absolute Gasteiger partial charge is 0.0741 e. The summed E-state index contributed by atoms with van der Waals surface area (Å²) in [5, 5.41) is 9.84. The normalized spacial score (nSPS) is 29.3. The van der Waals surface area contributed by atoms with Crippen LogP contribution < -0.4 is 5.73 Å². The fraction of sp³-hybridized carbons (Fsp3) is 1.00. The molecule has 0 aromatic rings. The molecule has 17 heavy (non-hydrogen) atoms. The third kappa shape index (κ3) is 5.36. The minimum absolute atomic E-state index is 0.358. The molecular formula is C14H30N2O. The van der Waals surface area contributed by atoms with E-state index in [2.05, 4.69) is 18.9 Å². The van der Waals surface area contributed by atoms with E-state index >= 15 is 0 Å². The van der Waals surface area contributed by atoms with Gasteiger partial charge in [0.25, 0.3) is 0 Å². The van der Waals surface area contributed by atoms with Crippen molar-refractivity contribution >= 4 is 0 Å². The molecule has 3 N–H and O–H groups in total. The first-order chi connectivity index (χ1) is 7.94. The Kier molecular flexibility index (Phi) is 5.90. The molecule has 0 aliphatic heterocycles. The number of nitrogens with zero attached hydrogens (tertiary/aromatic N) is 1. The predicted octanol–water partition coefficient (Wildman–Crippen LogP) is 1.99. The quantitative estimate of drug-likeness (QED) is 0.749. The lowest BCUT2D eigenvalue weighted by Crippen LogP contribution is -2.38. The fourth-order valence-electron chi connectivity index (χ4n) is 2.80. The van der Waals surface area contributed by atoms with Gasteiger partial charge in [-0.1, -0.05) is 19.8 Å². The molecule has 0 aromatic carbocycles. The van der Waals surface area contributed by atoms with Gasteiger partial charge in [-0.3, -0.25) is 0 Å². The monoisotopic (exact) mass is 242 g/mol. The molecule has 0 heterocycles. The molecule has 1 fully saturated rings. The SMILES string of the molecule is CC1CCCC(N(C)CCCC(C)(O)CN)C1. The fourth-order valence-corrected chi connectivity index (χ4v) is 2.80. The van der Waals surface area contributed by atoms with Gasteiger partial charge in [-0.15, -0.1) is 0 Å². The number of rotatable bonds is 6. The molecule has 0 saturated heterocycles. The second-order valence-electron chi connectivity index (χ2n) is 6.21. The van der Waals surface area contributed by atoms with Crippen LogP contribution in [0.15, 0.2) is 0 Å². The zero-order valence-electron chi connectivity index (χ0n) is 11.8. The molecule has 0 bridgehead atoms. The van der Waals surface area contributed by atoms with Gasteiger partial charge in [-0.2, -0.15) is 0 Å². The van der Waals surface area contributed by atoms with Gasteiger partial charge in [0.05, 0.1) is 5.60 Å². The highest BCUT2D eigenvalue weighted by molar-refractivity contribution is 4.78. The molecule has 0 amide bonds. The van der Waals surface area contributed by atoms with Crippen molar-refractivity contribution in [2.24, 2.45) is 11.7 Å². The summed E-state index contributed by atoms with van der Waals surface area (Å²) in [6.45, 7) is 5.62. The molecule has 1 aliphatic carbocycles. The van der Waals surface area contributed by atoms with E-state index in [1.54, 1.807) is 0 Å². The first-order valence-electron chi connectivity index (χ1n) is 7.07. The summed E-state index contributed by atoms with van der Waals surface area (Å²) in [6.07, 6.45) is 7.28. The van der Waals surface area contributed by atoms with E-state index in [0.717, 1.165) is 31.3 Å². The van der Waals surface area contributed by atoms with Crippen LogP contribution in [0.4, 0.5) is 0 Å². The lowest BCUT2D eigenvalue weighted by Gasteiger charge is -2.34. The summed E-state index contributed by atoms with van der Waals surface area (Å²) in [5.41, 5.74) is 4.84. The highest BCUT2D eigenvalue weighted by atomic mass is 16.3. The molecule has 1 rings (SSSR count). The van der Waals surface area contributed by atoms with Crippen molar-refractivity contribution in [3.05, 3.63) is 0 Å². The third-order valence-corrected chi connectivity index (χ3v) is 4.20. The minimum Gasteiger partial charge on any atom is -0.389 e. The summed E-state index contributed by atoms with van der Waals surface area (Å²) >= 11 is 0. The van der Waals surface area contributed by atoms with Gasteiger partial charge in [0.1, 0.15) is 0 Å². The van der Waals surface area contributed by atoms with Gasteiger partial charge < -0.3 is 15.7 Å². The van der Waals surface area contributed by atoms with Crippen molar-refractivity contribution in [3.63, 3.8) is 0 Å². The van der Waals surface area contributed by atoms with Crippen LogP contribution in [0.5, 0.6) is 0 Å². The van der Waals surface area contributed by atoms with Gasteiger partial charge >= 0.3 is 0 Å². The number of nitrogens with two attached hydrogens (primary N) is 1. The Hall–Kier alpha value is -0.120. The van der Waals surface area contributed by atoms with Crippen molar-refractivity contribution in [1.82, 2.24) is 4.90 Å². The molecule has 3 heteroatoms. The van der Waals surface area contributed by atoms with Crippen molar-refractivity contribution in [2.75, 3.05) is 20.1 Å². The Morgan fingerprint density at radius 2 is 2.12 bits per heavy atom. The van der Waals surface area contributed by atoms with Crippen molar-refractivity contribution in [3.8, 4) is 0 Å². The van der Waals surface area contributed by atoms with Gasteiger partial charge in [0.15, 0.2) is 0 Å². The van der Waals surface area contributed by atoms with E-state index in [1.165, 1.54) is 25.7 Å². The minimum atomic E-state index is -0.680. The second-order valence-corrected chi connectivity index (χ2v) is 6.21. The van der Waals surface area contributed by atoms with Gasteiger partial charge in [-0.05, 0) is 52.1 Å². The molecule has 102 valence electrons. The Balaban J connectivity index is 2.22. The second kappa shape index (κ2) is 6.72. The Morgan fingerprint density at radius 3 is 2.71 bits per heavy atom. The Labute approximate surface area is 106 Å². The van der Waals surface area contributed by atoms with E-state index < -0.39 is 5.60 Å². The third-order valence-electron chi connectivity index (χ3n) is 4.20. The van der Waals surface area contributed by atoms with Crippen LogP contribution in [0, 0.1) is 5.92 Å². The maximum Gasteiger partial charge on any atom is 0.0741 e. The van der Waals surface area contributed by atoms with Crippen molar-refractivity contribution < 1.29 is 5.11 Å². The van der Waals surface area contributed by atoms with Gasteiger partial charge in [0.2, 0.25) is 0 Å². The molecule has 1 aliphatic rings. The Morgan fingerprint density at radius 1 is 1.41 bits per heavy atom. The predicted molar refractivity (Wildman–Crippen MR) is 73.0 cm³/mol. The Bertz CT molecular complexity index is 218. The van der Waals surface area contributed by atoms with E-state index in [1.807, 2.05) is 6.92 Å². The van der Waals surface area contributed by atoms with Crippen molar-refractivity contribution in [1.29, 1.82) is 0 Å². The molecule has 0 aromatic heterocycles. The highest BCUT2D eigenvalue weighted by Crippen LogP contribution is 2.26. The molecular weight excluding hydrogens is 212 g/mol. The zero-order chi connectivity index (χ0) is 12.9. The van der Waals surface area contributed by atoms with E-state index in [0.29, 0.717) is 6.54 Å². The van der Waals surface area contributed by atoms with Gasteiger partial charge in [0, 0.05) is 12.6 Å². The summed E-state index contributed by atoms with van der Waals surface area (Å²) in [4.78, 5) is 2.47. The number of hydrogen-bond acceptors (Lipinski definition) is 3. The number of hydrogen-bond donors (Lipinski definition) is 2. The van der Waals surface area contributed by atoms with Crippen LogP contribution in [0.25, 0.3) is 0 Å². The maximum atomic E-state index is 9.84. The summed E-state index contributed by atoms with van der Waals surface area (Å²) in [5.74, 6) is 0.878. The van der Waals surface area contributed by atoms with E-state index in [9.17, 15) is 5.11 Å².